The van der Waals surface area contributed by atoms with E-state index in [1.807, 2.05) is 10.7 Å². The number of nitrogens with two attached hydrogens (primary N) is 1. The molecule has 0 unspecified atom stereocenters. The van der Waals surface area contributed by atoms with Crippen molar-refractivity contribution in [2.75, 3.05) is 6.61 Å². The number of primary sulfonamides is 1. The second-order valence-electron chi connectivity index (χ2n) is 10.9. The van der Waals surface area contributed by atoms with Crippen LogP contribution in [0.2, 0.25) is 18.1 Å². The molecule has 1 aromatic carbocycles. The van der Waals surface area contributed by atoms with Crippen molar-refractivity contribution in [3.63, 3.8) is 0 Å². The molecule has 1 fully saturated rings. The summed E-state index contributed by atoms with van der Waals surface area (Å²) >= 11 is 0. The highest BCUT2D eigenvalue weighted by Crippen LogP contribution is 2.37. The molecule has 3 rings (SSSR count). The summed E-state index contributed by atoms with van der Waals surface area (Å²) in [6, 6.07) is 8.56. The van der Waals surface area contributed by atoms with Gasteiger partial charge >= 0.3 is 0 Å². The van der Waals surface area contributed by atoms with Crippen LogP contribution in [0.5, 0.6) is 0 Å². The number of ketones is 1. The van der Waals surface area contributed by atoms with Crippen LogP contribution in [0.15, 0.2) is 35.2 Å². The lowest BCUT2D eigenvalue weighted by atomic mass is 9.95. The van der Waals surface area contributed by atoms with E-state index in [0.717, 1.165) is 36.9 Å². The van der Waals surface area contributed by atoms with Gasteiger partial charge in [-0.1, -0.05) is 52.2 Å². The van der Waals surface area contributed by atoms with Crippen LogP contribution in [0, 0.1) is 0 Å². The molecule has 2 aromatic rings. The zero-order chi connectivity index (χ0) is 25.1. The molecule has 1 heterocycles. The van der Waals surface area contributed by atoms with Crippen LogP contribution < -0.4 is 5.14 Å². The summed E-state index contributed by atoms with van der Waals surface area (Å²) in [6.45, 7) is 11.6. The average Bonchev–Trinajstić information content (AvgIpc) is 3.21. The molecule has 1 saturated carbocycles. The van der Waals surface area contributed by atoms with Crippen molar-refractivity contribution in [3.05, 3.63) is 36.0 Å². The Morgan fingerprint density at radius 3 is 2.32 bits per heavy atom. The molecule has 0 atom stereocenters. The predicted octanol–water partition coefficient (Wildman–Crippen LogP) is 5.69. The minimum absolute atomic E-state index is 0.01000. The molecule has 9 heteroatoms. The van der Waals surface area contributed by atoms with Crippen molar-refractivity contribution >= 4 is 24.1 Å². The normalized spacial score (nSPS) is 16.1. The number of aromatic nitrogens is 2. The number of Topliss-reactive ketones (excluding diaryl/α,β-unsaturated/α-hetero) is 1. The quantitative estimate of drug-likeness (QED) is 0.268. The molecule has 0 aliphatic heterocycles. The first kappa shape index (κ1) is 26.8. The van der Waals surface area contributed by atoms with Gasteiger partial charge in [0, 0.05) is 13.0 Å². The van der Waals surface area contributed by atoms with Gasteiger partial charge in [-0.15, -0.1) is 0 Å². The molecule has 34 heavy (non-hydrogen) atoms. The van der Waals surface area contributed by atoms with E-state index in [4.69, 9.17) is 14.7 Å². The number of sulfonamides is 1. The van der Waals surface area contributed by atoms with Crippen molar-refractivity contribution < 1.29 is 17.6 Å². The van der Waals surface area contributed by atoms with Crippen molar-refractivity contribution in [1.29, 1.82) is 0 Å². The Kier molecular flexibility index (Phi) is 8.22. The van der Waals surface area contributed by atoms with Crippen LogP contribution in [0.3, 0.4) is 0 Å². The number of benzene rings is 1. The van der Waals surface area contributed by atoms with E-state index >= 15 is 0 Å². The minimum Gasteiger partial charge on any atom is -0.417 e. The van der Waals surface area contributed by atoms with Crippen molar-refractivity contribution in [3.8, 4) is 11.3 Å². The van der Waals surface area contributed by atoms with E-state index in [9.17, 15) is 13.2 Å². The highest BCUT2D eigenvalue weighted by Gasteiger charge is 2.36. The van der Waals surface area contributed by atoms with Crippen LogP contribution in [0.25, 0.3) is 11.3 Å². The first-order chi connectivity index (χ1) is 15.8. The predicted molar refractivity (Wildman–Crippen MR) is 138 cm³/mol. The number of rotatable bonds is 9. The van der Waals surface area contributed by atoms with Gasteiger partial charge in [-0.2, -0.15) is 5.10 Å². The molecule has 1 aliphatic carbocycles. The number of nitrogens with zero attached hydrogens (tertiary/aromatic N) is 2. The van der Waals surface area contributed by atoms with Gasteiger partial charge in [0.2, 0.25) is 10.0 Å². The number of hydrogen-bond acceptors (Lipinski definition) is 5. The van der Waals surface area contributed by atoms with Crippen molar-refractivity contribution in [2.24, 2.45) is 5.14 Å². The summed E-state index contributed by atoms with van der Waals surface area (Å²) in [6.07, 6.45) is 6.61. The van der Waals surface area contributed by atoms with Crippen LogP contribution in [-0.2, 0) is 14.4 Å². The fraction of sp³-hybridized carbons (Fsp3) is 0.600. The highest BCUT2D eigenvalue weighted by molar-refractivity contribution is 7.89. The molecule has 0 bridgehead atoms. The lowest BCUT2D eigenvalue weighted by molar-refractivity contribution is 0.0966. The maximum atomic E-state index is 13.0. The molecule has 0 saturated heterocycles. The van der Waals surface area contributed by atoms with Gasteiger partial charge in [-0.25, -0.2) is 13.6 Å². The van der Waals surface area contributed by atoms with E-state index in [2.05, 4.69) is 33.9 Å². The zero-order valence-electron chi connectivity index (χ0n) is 21.1. The summed E-state index contributed by atoms with van der Waals surface area (Å²) in [5.41, 5.74) is 2.13. The van der Waals surface area contributed by atoms with Gasteiger partial charge in [0.15, 0.2) is 14.1 Å². The zero-order valence-corrected chi connectivity index (χ0v) is 23.0. The van der Waals surface area contributed by atoms with Gasteiger partial charge in [0.25, 0.3) is 0 Å². The molecule has 1 aliphatic rings. The summed E-state index contributed by atoms with van der Waals surface area (Å²) in [4.78, 5) is 13.1. The minimum atomic E-state index is -3.76. The Balaban J connectivity index is 1.78. The Bertz CT molecular complexity index is 1100. The second kappa shape index (κ2) is 10.4. The van der Waals surface area contributed by atoms with Gasteiger partial charge in [0.1, 0.15) is 5.69 Å². The van der Waals surface area contributed by atoms with Gasteiger partial charge < -0.3 is 4.43 Å². The fourth-order valence-corrected chi connectivity index (χ4v) is 5.67. The van der Waals surface area contributed by atoms with E-state index in [1.165, 1.54) is 18.6 Å². The summed E-state index contributed by atoms with van der Waals surface area (Å²) < 4.78 is 31.5. The number of carbonyl (C=O) groups excluding carboxylic acids is 1. The third-order valence-corrected chi connectivity index (χ3v) is 12.7. The Morgan fingerprint density at radius 1 is 1.15 bits per heavy atom. The number of carbonyl (C=O) groups is 1. The molecule has 1 aromatic heterocycles. The molecule has 188 valence electrons. The standard InChI is InChI=1S/C25H39N3O4SSi/c1-25(2,3)34(4,5)32-17-9-12-24(29)22-18-23(28(27-22)20-10-7-6-8-11-20)19-13-15-21(16-14-19)33(26,30)31/h13-16,18,20H,6-12,17H2,1-5H3,(H2,26,30,31). The lowest BCUT2D eigenvalue weighted by Crippen LogP contribution is -2.41. The smallest absolute Gasteiger partial charge is 0.238 e. The lowest BCUT2D eigenvalue weighted by Gasteiger charge is -2.36. The Labute approximate surface area is 205 Å². The summed E-state index contributed by atoms with van der Waals surface area (Å²) in [5, 5.41) is 10.1. The first-order valence-electron chi connectivity index (χ1n) is 12.2. The highest BCUT2D eigenvalue weighted by atomic mass is 32.2. The first-order valence-corrected chi connectivity index (χ1v) is 16.6. The van der Waals surface area contributed by atoms with Crippen LogP contribution in [0.4, 0.5) is 0 Å². The molecular weight excluding hydrogens is 466 g/mol. The van der Waals surface area contributed by atoms with Gasteiger partial charge in [-0.3, -0.25) is 9.48 Å². The van der Waals surface area contributed by atoms with Crippen LogP contribution in [-0.4, -0.2) is 38.9 Å². The monoisotopic (exact) mass is 505 g/mol. The third kappa shape index (κ3) is 6.44. The molecule has 7 nitrogen and oxygen atoms in total. The molecule has 0 spiro atoms. The van der Waals surface area contributed by atoms with Gasteiger partial charge in [0.05, 0.1) is 16.6 Å². The average molecular weight is 506 g/mol. The SMILES string of the molecule is CC(C)(C)[Si](C)(C)OCCCC(=O)c1cc(-c2ccc(S(N)(=O)=O)cc2)n(C2CCCCC2)n1. The van der Waals surface area contributed by atoms with Crippen LogP contribution in [0.1, 0.15) is 82.2 Å². The van der Waals surface area contributed by atoms with Gasteiger partial charge in [-0.05, 0) is 61.2 Å². The maximum Gasteiger partial charge on any atom is 0.238 e. The molecule has 0 radical (unpaired) electrons. The summed E-state index contributed by atoms with van der Waals surface area (Å²) in [7, 11) is -5.59. The topological polar surface area (TPSA) is 104 Å². The van der Waals surface area contributed by atoms with Crippen molar-refractivity contribution in [1.82, 2.24) is 9.78 Å². The third-order valence-electron chi connectivity index (χ3n) is 7.24. The maximum absolute atomic E-state index is 13.0. The summed E-state index contributed by atoms with van der Waals surface area (Å²) in [5.74, 6) is 0.01000. The van der Waals surface area contributed by atoms with E-state index < -0.39 is 18.3 Å². The Morgan fingerprint density at radius 2 is 1.76 bits per heavy atom. The van der Waals surface area contributed by atoms with E-state index in [1.54, 1.807) is 12.1 Å². The largest absolute Gasteiger partial charge is 0.417 e. The van der Waals surface area contributed by atoms with Crippen molar-refractivity contribution in [2.45, 2.75) is 94.8 Å². The van der Waals surface area contributed by atoms with E-state index in [-0.39, 0.29) is 21.8 Å². The number of hydrogen-bond donors (Lipinski definition) is 1. The Hall–Kier alpha value is -1.81. The second-order valence-corrected chi connectivity index (χ2v) is 17.2. The molecule has 2 N–H and O–H groups in total. The molecule has 0 amide bonds. The van der Waals surface area contributed by atoms with Crippen LogP contribution >= 0.6 is 0 Å². The molecular formula is C25H39N3O4SSi. The van der Waals surface area contributed by atoms with E-state index in [0.29, 0.717) is 25.1 Å². The fourth-order valence-electron chi connectivity index (χ4n) is 4.07.